The molecule has 0 aromatic heterocycles. The smallest absolute Gasteiger partial charge is 0.434 e. The Hall–Kier alpha value is -3.71. The zero-order valence-corrected chi connectivity index (χ0v) is 21.9. The molecule has 0 spiro atoms. The fraction of sp³-hybridized carbons (Fsp3) is 0.367. The minimum absolute atomic E-state index is 0.151. The normalized spacial score (nSPS) is 18.9. The molecule has 0 N–H and O–H groups in total. The fourth-order valence-electron chi connectivity index (χ4n) is 4.90. The third-order valence-electron chi connectivity index (χ3n) is 6.75. The number of hydrogen-bond acceptors (Lipinski definition) is 6. The summed E-state index contributed by atoms with van der Waals surface area (Å²) in [4.78, 5) is 20.2. The SMILES string of the molecule is CCCC[C@@]1(c2c(OC)cc(OC)cc2OC)C[C@@H](c2ccccc2)N(C(=O)OCc2ccccc2)O1. The summed E-state index contributed by atoms with van der Waals surface area (Å²) in [5, 5.41) is 1.39. The van der Waals surface area contributed by atoms with Crippen molar-refractivity contribution in [1.29, 1.82) is 0 Å². The summed E-state index contributed by atoms with van der Waals surface area (Å²) in [6, 6.07) is 22.8. The van der Waals surface area contributed by atoms with Gasteiger partial charge in [0, 0.05) is 18.6 Å². The highest BCUT2D eigenvalue weighted by Gasteiger charge is 2.52. The van der Waals surface area contributed by atoms with Crippen LogP contribution in [0.3, 0.4) is 0 Å². The van der Waals surface area contributed by atoms with Crippen LogP contribution in [0.2, 0.25) is 0 Å². The van der Waals surface area contributed by atoms with Crippen molar-refractivity contribution in [3.8, 4) is 17.2 Å². The summed E-state index contributed by atoms with van der Waals surface area (Å²) >= 11 is 0. The van der Waals surface area contributed by atoms with Crippen LogP contribution in [0.25, 0.3) is 0 Å². The number of carbonyl (C=O) groups is 1. The number of benzene rings is 3. The molecule has 196 valence electrons. The molecule has 0 saturated carbocycles. The second-order valence-corrected chi connectivity index (χ2v) is 9.09. The highest BCUT2D eigenvalue weighted by Crippen LogP contribution is 2.55. The van der Waals surface area contributed by atoms with Crippen molar-refractivity contribution < 1.29 is 28.6 Å². The van der Waals surface area contributed by atoms with Crippen molar-refractivity contribution in [2.24, 2.45) is 0 Å². The number of carbonyl (C=O) groups excluding carboxylic acids is 1. The number of ether oxygens (including phenoxy) is 4. The van der Waals surface area contributed by atoms with Gasteiger partial charge in [0.25, 0.3) is 0 Å². The van der Waals surface area contributed by atoms with Gasteiger partial charge in [-0.25, -0.2) is 4.79 Å². The molecule has 7 heteroatoms. The largest absolute Gasteiger partial charge is 0.496 e. The van der Waals surface area contributed by atoms with Crippen molar-refractivity contribution in [1.82, 2.24) is 5.06 Å². The maximum atomic E-state index is 13.5. The summed E-state index contributed by atoms with van der Waals surface area (Å²) < 4.78 is 22.8. The highest BCUT2D eigenvalue weighted by molar-refractivity contribution is 5.68. The third kappa shape index (κ3) is 5.67. The molecule has 1 saturated heterocycles. The third-order valence-corrected chi connectivity index (χ3v) is 6.75. The topological polar surface area (TPSA) is 66.5 Å². The van der Waals surface area contributed by atoms with E-state index < -0.39 is 11.7 Å². The van der Waals surface area contributed by atoms with Gasteiger partial charge in [-0.1, -0.05) is 80.4 Å². The van der Waals surface area contributed by atoms with Crippen LogP contribution in [0.4, 0.5) is 4.79 Å². The molecule has 3 aromatic carbocycles. The van der Waals surface area contributed by atoms with E-state index in [2.05, 4.69) is 6.92 Å². The number of rotatable bonds is 10. The lowest BCUT2D eigenvalue weighted by molar-refractivity contribution is -0.192. The lowest BCUT2D eigenvalue weighted by Gasteiger charge is -2.31. The van der Waals surface area contributed by atoms with E-state index in [-0.39, 0.29) is 12.6 Å². The van der Waals surface area contributed by atoms with E-state index in [0.717, 1.165) is 29.5 Å². The summed E-state index contributed by atoms with van der Waals surface area (Å²) in [5.74, 6) is 1.78. The Balaban J connectivity index is 1.77. The van der Waals surface area contributed by atoms with Crippen molar-refractivity contribution in [3.05, 3.63) is 89.5 Å². The highest BCUT2D eigenvalue weighted by atomic mass is 16.8. The number of methoxy groups -OCH3 is 3. The van der Waals surface area contributed by atoms with E-state index in [4.69, 9.17) is 23.8 Å². The van der Waals surface area contributed by atoms with Gasteiger partial charge in [0.2, 0.25) is 0 Å². The summed E-state index contributed by atoms with van der Waals surface area (Å²) in [6.07, 6.45) is 2.47. The predicted molar refractivity (Wildman–Crippen MR) is 141 cm³/mol. The van der Waals surface area contributed by atoms with E-state index in [9.17, 15) is 4.79 Å². The van der Waals surface area contributed by atoms with Crippen LogP contribution in [0, 0.1) is 0 Å². The molecule has 0 radical (unpaired) electrons. The van der Waals surface area contributed by atoms with Gasteiger partial charge in [0.1, 0.15) is 29.5 Å². The number of hydroxylamine groups is 2. The second-order valence-electron chi connectivity index (χ2n) is 9.09. The summed E-state index contributed by atoms with van der Waals surface area (Å²) in [6.45, 7) is 2.28. The number of nitrogens with zero attached hydrogens (tertiary/aromatic N) is 1. The molecule has 0 aliphatic carbocycles. The van der Waals surface area contributed by atoms with Crippen LogP contribution in [-0.2, 0) is 21.8 Å². The van der Waals surface area contributed by atoms with Gasteiger partial charge >= 0.3 is 6.09 Å². The van der Waals surface area contributed by atoms with Crippen LogP contribution in [0.15, 0.2) is 72.8 Å². The molecule has 1 amide bonds. The molecular weight excluding hydrogens is 470 g/mol. The lowest BCUT2D eigenvalue weighted by Crippen LogP contribution is -2.34. The van der Waals surface area contributed by atoms with Gasteiger partial charge in [-0.15, -0.1) is 0 Å². The average Bonchev–Trinajstić information content (AvgIpc) is 3.35. The van der Waals surface area contributed by atoms with E-state index >= 15 is 0 Å². The van der Waals surface area contributed by atoms with Gasteiger partial charge in [0.05, 0.1) is 32.9 Å². The first kappa shape index (κ1) is 26.4. The van der Waals surface area contributed by atoms with Crippen LogP contribution >= 0.6 is 0 Å². The molecule has 4 rings (SSSR count). The quantitative estimate of drug-likeness (QED) is 0.301. The van der Waals surface area contributed by atoms with Crippen molar-refractivity contribution in [2.45, 2.75) is 50.9 Å². The van der Waals surface area contributed by atoms with Crippen molar-refractivity contribution in [2.75, 3.05) is 21.3 Å². The Morgan fingerprint density at radius 3 is 2.14 bits per heavy atom. The number of amides is 1. The zero-order chi connectivity index (χ0) is 26.3. The molecule has 0 bridgehead atoms. The summed E-state index contributed by atoms with van der Waals surface area (Å²) in [7, 11) is 4.82. The first-order valence-electron chi connectivity index (χ1n) is 12.6. The number of hydrogen-bond donors (Lipinski definition) is 0. The Morgan fingerprint density at radius 2 is 1.57 bits per heavy atom. The maximum absolute atomic E-state index is 13.5. The Morgan fingerprint density at radius 1 is 0.946 bits per heavy atom. The minimum atomic E-state index is -0.884. The van der Waals surface area contributed by atoms with Gasteiger partial charge in [-0.3, -0.25) is 4.84 Å². The first-order chi connectivity index (χ1) is 18.0. The van der Waals surface area contributed by atoms with Crippen LogP contribution in [0.1, 0.15) is 55.3 Å². The molecular formula is C30H35NO6. The van der Waals surface area contributed by atoms with Crippen molar-refractivity contribution >= 4 is 6.09 Å². The number of unbranched alkanes of at least 4 members (excludes halogenated alkanes) is 1. The van der Waals surface area contributed by atoms with Gasteiger partial charge < -0.3 is 18.9 Å². The molecule has 0 unspecified atom stereocenters. The molecule has 7 nitrogen and oxygen atoms in total. The standard InChI is InChI=1S/C30H35NO6/c1-5-6-17-30(28-26(34-3)18-24(33-2)19-27(28)35-4)20-25(23-15-11-8-12-16-23)31(37-30)29(32)36-21-22-13-9-7-10-14-22/h7-16,18-19,25H,5-6,17,20-21H2,1-4H3/t25-,30-/m0/s1. The van der Waals surface area contributed by atoms with Gasteiger partial charge in [-0.05, 0) is 17.5 Å². The maximum Gasteiger partial charge on any atom is 0.434 e. The fourth-order valence-corrected chi connectivity index (χ4v) is 4.90. The van der Waals surface area contributed by atoms with Gasteiger partial charge in [0.15, 0.2) is 0 Å². The molecule has 2 atom stereocenters. The van der Waals surface area contributed by atoms with Crippen molar-refractivity contribution in [3.63, 3.8) is 0 Å². The Bertz CT molecular complexity index is 1140. The molecule has 3 aromatic rings. The van der Waals surface area contributed by atoms with Crippen LogP contribution in [0.5, 0.6) is 17.2 Å². The zero-order valence-electron chi connectivity index (χ0n) is 21.9. The van der Waals surface area contributed by atoms with E-state index in [1.54, 1.807) is 21.3 Å². The molecule has 1 aliphatic heterocycles. The lowest BCUT2D eigenvalue weighted by atomic mass is 9.81. The minimum Gasteiger partial charge on any atom is -0.496 e. The van der Waals surface area contributed by atoms with Gasteiger partial charge in [-0.2, -0.15) is 5.06 Å². The summed E-state index contributed by atoms with van der Waals surface area (Å²) in [5.41, 5.74) is 1.74. The second kappa shape index (κ2) is 12.0. The average molecular weight is 506 g/mol. The monoisotopic (exact) mass is 505 g/mol. The molecule has 37 heavy (non-hydrogen) atoms. The molecule has 1 heterocycles. The van der Waals surface area contributed by atoms with E-state index in [1.165, 1.54) is 5.06 Å². The van der Waals surface area contributed by atoms with Crippen LogP contribution in [-0.4, -0.2) is 32.5 Å². The predicted octanol–water partition coefficient (Wildman–Crippen LogP) is 6.81. The van der Waals surface area contributed by atoms with Crippen LogP contribution < -0.4 is 14.2 Å². The van der Waals surface area contributed by atoms with E-state index in [1.807, 2.05) is 72.8 Å². The molecule has 1 fully saturated rings. The first-order valence-corrected chi connectivity index (χ1v) is 12.6. The Kier molecular flexibility index (Phi) is 8.56. The Labute approximate surface area is 218 Å². The molecule has 1 aliphatic rings. The van der Waals surface area contributed by atoms with E-state index in [0.29, 0.717) is 30.1 Å².